The van der Waals surface area contributed by atoms with Gasteiger partial charge < -0.3 is 0 Å². The van der Waals surface area contributed by atoms with Crippen LogP contribution < -0.4 is 0 Å². The van der Waals surface area contributed by atoms with Gasteiger partial charge in [-0.2, -0.15) is 0 Å². The first-order valence-electron chi connectivity index (χ1n) is 6.24. The van der Waals surface area contributed by atoms with E-state index in [0.29, 0.717) is 0 Å². The highest BCUT2D eigenvalue weighted by Crippen LogP contribution is 2.29. The average Bonchev–Trinajstić information content (AvgIpc) is 2.26. The van der Waals surface area contributed by atoms with Crippen LogP contribution >= 0.6 is 0 Å². The van der Waals surface area contributed by atoms with Crippen LogP contribution in [0.5, 0.6) is 0 Å². The van der Waals surface area contributed by atoms with E-state index in [0.717, 1.165) is 12.3 Å². The SMILES string of the molecule is CCc1ccc(C(CC)CC)c(C)c1C. The van der Waals surface area contributed by atoms with Gasteiger partial charge >= 0.3 is 0 Å². The summed E-state index contributed by atoms with van der Waals surface area (Å²) < 4.78 is 0. The second-order valence-electron chi connectivity index (χ2n) is 4.43. The summed E-state index contributed by atoms with van der Waals surface area (Å²) in [5.74, 6) is 0.745. The zero-order valence-corrected chi connectivity index (χ0v) is 10.9. The number of hydrogen-bond donors (Lipinski definition) is 0. The van der Waals surface area contributed by atoms with Crippen molar-refractivity contribution in [2.75, 3.05) is 0 Å². The first-order chi connectivity index (χ1) is 7.15. The van der Waals surface area contributed by atoms with E-state index in [1.54, 1.807) is 5.56 Å². The van der Waals surface area contributed by atoms with Gasteiger partial charge in [-0.1, -0.05) is 32.9 Å². The van der Waals surface area contributed by atoms with Crippen LogP contribution in [0.15, 0.2) is 12.1 Å². The third-order valence-corrected chi connectivity index (χ3v) is 3.75. The van der Waals surface area contributed by atoms with Crippen LogP contribution in [0.2, 0.25) is 0 Å². The predicted molar refractivity (Wildman–Crippen MR) is 68.6 cm³/mol. The van der Waals surface area contributed by atoms with Gasteiger partial charge in [0.2, 0.25) is 0 Å². The van der Waals surface area contributed by atoms with E-state index in [9.17, 15) is 0 Å². The maximum absolute atomic E-state index is 2.35. The van der Waals surface area contributed by atoms with Crippen molar-refractivity contribution >= 4 is 0 Å². The van der Waals surface area contributed by atoms with Gasteiger partial charge in [0.05, 0.1) is 0 Å². The molecule has 0 saturated heterocycles. The Morgan fingerprint density at radius 1 is 0.933 bits per heavy atom. The second kappa shape index (κ2) is 5.34. The minimum atomic E-state index is 0.745. The molecule has 0 N–H and O–H groups in total. The van der Waals surface area contributed by atoms with Crippen molar-refractivity contribution in [3.63, 3.8) is 0 Å². The lowest BCUT2D eigenvalue weighted by Gasteiger charge is -2.19. The van der Waals surface area contributed by atoms with E-state index < -0.39 is 0 Å². The quantitative estimate of drug-likeness (QED) is 0.662. The molecular formula is C15H24. The van der Waals surface area contributed by atoms with Crippen LogP contribution in [-0.2, 0) is 6.42 Å². The zero-order valence-electron chi connectivity index (χ0n) is 10.9. The van der Waals surface area contributed by atoms with Crippen LogP contribution in [0, 0.1) is 13.8 Å². The summed E-state index contributed by atoms with van der Waals surface area (Å²) >= 11 is 0. The van der Waals surface area contributed by atoms with Crippen LogP contribution in [-0.4, -0.2) is 0 Å². The molecule has 0 radical (unpaired) electrons. The lowest BCUT2D eigenvalue weighted by atomic mass is 9.86. The van der Waals surface area contributed by atoms with Gasteiger partial charge in [0.15, 0.2) is 0 Å². The lowest BCUT2D eigenvalue weighted by Crippen LogP contribution is -2.02. The fraction of sp³-hybridized carbons (Fsp3) is 0.600. The number of aryl methyl sites for hydroxylation is 1. The highest BCUT2D eigenvalue weighted by molar-refractivity contribution is 5.41. The molecule has 84 valence electrons. The smallest absolute Gasteiger partial charge is 0.0164 e. The van der Waals surface area contributed by atoms with E-state index >= 15 is 0 Å². The Morgan fingerprint density at radius 3 is 2.00 bits per heavy atom. The average molecular weight is 204 g/mol. The Kier molecular flexibility index (Phi) is 4.38. The molecule has 0 fully saturated rings. The monoisotopic (exact) mass is 204 g/mol. The Bertz CT molecular complexity index is 319. The van der Waals surface area contributed by atoms with E-state index in [2.05, 4.69) is 46.8 Å². The third-order valence-electron chi connectivity index (χ3n) is 3.75. The van der Waals surface area contributed by atoms with E-state index in [1.807, 2.05) is 0 Å². The van der Waals surface area contributed by atoms with Gasteiger partial charge in [-0.05, 0) is 61.3 Å². The molecule has 0 nitrogen and oxygen atoms in total. The molecule has 0 saturated carbocycles. The molecule has 1 rings (SSSR count). The van der Waals surface area contributed by atoms with Crippen molar-refractivity contribution < 1.29 is 0 Å². The van der Waals surface area contributed by atoms with Gasteiger partial charge in [0, 0.05) is 0 Å². The Balaban J connectivity index is 3.16. The molecule has 0 aromatic heterocycles. The molecule has 0 heteroatoms. The molecule has 0 amide bonds. The summed E-state index contributed by atoms with van der Waals surface area (Å²) in [4.78, 5) is 0. The molecule has 0 atom stereocenters. The lowest BCUT2D eigenvalue weighted by molar-refractivity contribution is 0.637. The van der Waals surface area contributed by atoms with Crippen molar-refractivity contribution in [2.45, 2.75) is 59.8 Å². The molecule has 15 heavy (non-hydrogen) atoms. The second-order valence-corrected chi connectivity index (χ2v) is 4.43. The van der Waals surface area contributed by atoms with Crippen molar-refractivity contribution in [3.05, 3.63) is 34.4 Å². The zero-order chi connectivity index (χ0) is 11.4. The summed E-state index contributed by atoms with van der Waals surface area (Å²) in [5, 5.41) is 0. The summed E-state index contributed by atoms with van der Waals surface area (Å²) in [6.07, 6.45) is 3.65. The molecule has 1 aromatic carbocycles. The molecule has 1 aromatic rings. The number of hydrogen-bond acceptors (Lipinski definition) is 0. The molecule has 0 bridgehead atoms. The summed E-state index contributed by atoms with van der Waals surface area (Å²) in [6.45, 7) is 11.4. The number of benzene rings is 1. The minimum Gasteiger partial charge on any atom is -0.0648 e. The maximum atomic E-state index is 2.35. The predicted octanol–water partition coefficient (Wildman–Crippen LogP) is 4.77. The maximum Gasteiger partial charge on any atom is -0.0164 e. The highest BCUT2D eigenvalue weighted by atomic mass is 14.2. The Morgan fingerprint density at radius 2 is 1.53 bits per heavy atom. The summed E-state index contributed by atoms with van der Waals surface area (Å²) in [6, 6.07) is 4.66. The first kappa shape index (κ1) is 12.3. The fourth-order valence-corrected chi connectivity index (χ4v) is 2.45. The van der Waals surface area contributed by atoms with Crippen LogP contribution in [0.1, 0.15) is 61.8 Å². The fourth-order valence-electron chi connectivity index (χ4n) is 2.45. The summed E-state index contributed by atoms with van der Waals surface area (Å²) in [5.41, 5.74) is 6.09. The van der Waals surface area contributed by atoms with Crippen LogP contribution in [0.25, 0.3) is 0 Å². The molecule has 0 heterocycles. The molecule has 0 aliphatic heterocycles. The Hall–Kier alpha value is -0.780. The van der Waals surface area contributed by atoms with Crippen molar-refractivity contribution in [2.24, 2.45) is 0 Å². The van der Waals surface area contributed by atoms with Crippen molar-refractivity contribution in [1.29, 1.82) is 0 Å². The minimum absolute atomic E-state index is 0.745. The van der Waals surface area contributed by atoms with Crippen molar-refractivity contribution in [3.8, 4) is 0 Å². The first-order valence-corrected chi connectivity index (χ1v) is 6.24. The van der Waals surface area contributed by atoms with E-state index in [-0.39, 0.29) is 0 Å². The van der Waals surface area contributed by atoms with Crippen molar-refractivity contribution in [1.82, 2.24) is 0 Å². The topological polar surface area (TPSA) is 0 Å². The third kappa shape index (κ3) is 2.42. The number of rotatable bonds is 4. The Labute approximate surface area is 94.7 Å². The van der Waals surface area contributed by atoms with E-state index in [4.69, 9.17) is 0 Å². The van der Waals surface area contributed by atoms with Gasteiger partial charge in [-0.25, -0.2) is 0 Å². The molecule has 0 aliphatic carbocycles. The van der Waals surface area contributed by atoms with Gasteiger partial charge in [0.25, 0.3) is 0 Å². The van der Waals surface area contributed by atoms with E-state index in [1.165, 1.54) is 29.5 Å². The van der Waals surface area contributed by atoms with Crippen LogP contribution in [0.3, 0.4) is 0 Å². The molecule has 0 unspecified atom stereocenters. The standard InChI is InChI=1S/C15H24/c1-6-13(7-2)15-10-9-14(8-3)11(4)12(15)5/h9-10,13H,6-8H2,1-5H3. The van der Waals surface area contributed by atoms with Gasteiger partial charge in [0.1, 0.15) is 0 Å². The normalized spacial score (nSPS) is 11.1. The van der Waals surface area contributed by atoms with Gasteiger partial charge in [-0.15, -0.1) is 0 Å². The summed E-state index contributed by atoms with van der Waals surface area (Å²) in [7, 11) is 0. The largest absolute Gasteiger partial charge is 0.0648 e. The highest BCUT2D eigenvalue weighted by Gasteiger charge is 2.12. The molecular weight excluding hydrogens is 180 g/mol. The molecule has 0 spiro atoms. The molecule has 0 aliphatic rings. The van der Waals surface area contributed by atoms with Gasteiger partial charge in [-0.3, -0.25) is 0 Å². The van der Waals surface area contributed by atoms with Crippen LogP contribution in [0.4, 0.5) is 0 Å².